The quantitative estimate of drug-likeness (QED) is 0.743. The topological polar surface area (TPSA) is 55.8 Å². The molecule has 0 N–H and O–H groups in total. The number of nitrogens with zero attached hydrogens (tertiary/aromatic N) is 1. The van der Waals surface area contributed by atoms with Crippen LogP contribution in [0.2, 0.25) is 0 Å². The molecule has 0 aromatic carbocycles. The zero-order valence-electron chi connectivity index (χ0n) is 14.8. The number of amides is 1. The molecule has 1 saturated heterocycles. The second kappa shape index (κ2) is 6.01. The first-order chi connectivity index (χ1) is 11.4. The third kappa shape index (κ3) is 2.96. The highest BCUT2D eigenvalue weighted by molar-refractivity contribution is 5.83. The number of rotatable bonds is 3. The summed E-state index contributed by atoms with van der Waals surface area (Å²) >= 11 is 0. The fourth-order valence-electron chi connectivity index (χ4n) is 6.11. The van der Waals surface area contributed by atoms with Crippen LogP contribution < -0.4 is 0 Å². The van der Waals surface area contributed by atoms with Crippen LogP contribution in [0.1, 0.15) is 52.4 Å². The number of carbonyl (C=O) groups excluding carboxylic acids is 2. The molecule has 5 fully saturated rings. The molecule has 1 heterocycles. The van der Waals surface area contributed by atoms with Gasteiger partial charge >= 0.3 is 5.97 Å². The van der Waals surface area contributed by atoms with Crippen molar-refractivity contribution >= 4 is 11.9 Å². The second-order valence-corrected chi connectivity index (χ2v) is 8.83. The highest BCUT2D eigenvalue weighted by atomic mass is 16.5. The van der Waals surface area contributed by atoms with Crippen LogP contribution in [0, 0.1) is 23.2 Å². The normalized spacial score (nSPS) is 43.8. The Morgan fingerprint density at radius 3 is 2.00 bits per heavy atom. The van der Waals surface area contributed by atoms with E-state index in [0.29, 0.717) is 30.8 Å². The Kier molecular flexibility index (Phi) is 4.10. The lowest BCUT2D eigenvalue weighted by molar-refractivity contribution is -0.176. The number of esters is 1. The highest BCUT2D eigenvalue weighted by Gasteiger charge is 2.55. The van der Waals surface area contributed by atoms with Crippen molar-refractivity contribution in [3.8, 4) is 0 Å². The van der Waals surface area contributed by atoms with Crippen LogP contribution >= 0.6 is 0 Å². The Labute approximate surface area is 144 Å². The van der Waals surface area contributed by atoms with Gasteiger partial charge in [0.15, 0.2) is 6.61 Å². The molecule has 5 aliphatic rings. The lowest BCUT2D eigenvalue weighted by atomic mass is 9.49. The van der Waals surface area contributed by atoms with Crippen molar-refractivity contribution in [3.63, 3.8) is 0 Å². The summed E-state index contributed by atoms with van der Waals surface area (Å²) in [5, 5.41) is 0. The van der Waals surface area contributed by atoms with Gasteiger partial charge in [-0.15, -0.1) is 0 Å². The predicted molar refractivity (Wildman–Crippen MR) is 88.2 cm³/mol. The van der Waals surface area contributed by atoms with Gasteiger partial charge in [0, 0.05) is 13.1 Å². The second-order valence-electron chi connectivity index (χ2n) is 8.83. The summed E-state index contributed by atoms with van der Waals surface area (Å²) in [6.45, 7) is 4.99. The number of ether oxygens (including phenoxy) is 2. The summed E-state index contributed by atoms with van der Waals surface area (Å²) in [6.07, 6.45) is 6.93. The van der Waals surface area contributed by atoms with Gasteiger partial charge in [-0.3, -0.25) is 9.59 Å². The number of morpholine rings is 1. The summed E-state index contributed by atoms with van der Waals surface area (Å²) < 4.78 is 11.2. The van der Waals surface area contributed by atoms with E-state index in [9.17, 15) is 9.59 Å². The third-order valence-electron chi connectivity index (χ3n) is 6.57. The summed E-state index contributed by atoms with van der Waals surface area (Å²) in [7, 11) is 0. The Balaban J connectivity index is 1.34. The molecule has 4 aliphatic carbocycles. The van der Waals surface area contributed by atoms with Crippen molar-refractivity contribution in [1.29, 1.82) is 0 Å². The molecule has 2 atom stereocenters. The minimum Gasteiger partial charge on any atom is -0.455 e. The summed E-state index contributed by atoms with van der Waals surface area (Å²) in [4.78, 5) is 27.0. The van der Waals surface area contributed by atoms with E-state index in [2.05, 4.69) is 0 Å². The lowest BCUT2D eigenvalue weighted by Crippen LogP contribution is -2.52. The van der Waals surface area contributed by atoms with Crippen LogP contribution in [0.25, 0.3) is 0 Å². The zero-order valence-corrected chi connectivity index (χ0v) is 14.8. The summed E-state index contributed by atoms with van der Waals surface area (Å²) in [5.74, 6) is 1.93. The summed E-state index contributed by atoms with van der Waals surface area (Å²) in [6, 6.07) is 0. The van der Waals surface area contributed by atoms with Crippen molar-refractivity contribution < 1.29 is 19.1 Å². The van der Waals surface area contributed by atoms with Gasteiger partial charge in [0.2, 0.25) is 0 Å². The van der Waals surface area contributed by atoms with Crippen LogP contribution in [0.15, 0.2) is 0 Å². The van der Waals surface area contributed by atoms with Gasteiger partial charge in [0.25, 0.3) is 5.91 Å². The molecule has 0 spiro atoms. The van der Waals surface area contributed by atoms with Crippen LogP contribution in [0.4, 0.5) is 0 Å². The van der Waals surface area contributed by atoms with Crippen molar-refractivity contribution in [2.75, 3.05) is 19.7 Å². The van der Waals surface area contributed by atoms with E-state index in [-0.39, 0.29) is 36.1 Å². The molecular formula is C19H29NO4. The van der Waals surface area contributed by atoms with E-state index in [0.717, 1.165) is 19.3 Å². The first-order valence-electron chi connectivity index (χ1n) is 9.54. The van der Waals surface area contributed by atoms with E-state index in [1.807, 2.05) is 13.8 Å². The molecule has 2 unspecified atom stereocenters. The Hall–Kier alpha value is -1.10. The number of hydrogen-bond acceptors (Lipinski definition) is 4. The molecule has 5 rings (SSSR count). The van der Waals surface area contributed by atoms with Crippen LogP contribution in [-0.4, -0.2) is 48.7 Å². The van der Waals surface area contributed by atoms with Gasteiger partial charge in [-0.1, -0.05) is 0 Å². The van der Waals surface area contributed by atoms with Gasteiger partial charge in [-0.2, -0.15) is 0 Å². The van der Waals surface area contributed by atoms with Crippen LogP contribution in [-0.2, 0) is 19.1 Å². The molecule has 5 heteroatoms. The van der Waals surface area contributed by atoms with E-state index >= 15 is 0 Å². The molecule has 4 bridgehead atoms. The molecule has 24 heavy (non-hydrogen) atoms. The first-order valence-corrected chi connectivity index (χ1v) is 9.54. The Bertz CT molecular complexity index is 486. The minimum atomic E-state index is -0.277. The van der Waals surface area contributed by atoms with Gasteiger partial charge < -0.3 is 14.4 Å². The maximum Gasteiger partial charge on any atom is 0.312 e. The molecular weight excluding hydrogens is 306 g/mol. The molecule has 134 valence electrons. The maximum absolute atomic E-state index is 12.8. The van der Waals surface area contributed by atoms with Crippen LogP contribution in [0.3, 0.4) is 0 Å². The third-order valence-corrected chi connectivity index (χ3v) is 6.57. The van der Waals surface area contributed by atoms with Gasteiger partial charge in [-0.25, -0.2) is 0 Å². The zero-order chi connectivity index (χ0) is 16.9. The van der Waals surface area contributed by atoms with Crippen LogP contribution in [0.5, 0.6) is 0 Å². The molecule has 0 aromatic rings. The number of hydrogen-bond donors (Lipinski definition) is 0. The standard InChI is InChI=1S/C19H29NO4/c1-12-9-20(10-13(2)24-12)17(21)11-23-18(22)19-6-14-3-15(7-19)5-16(4-14)8-19/h12-16H,3-11H2,1-2H3. The van der Waals surface area contributed by atoms with E-state index in [1.54, 1.807) is 4.90 Å². The van der Waals surface area contributed by atoms with Gasteiger partial charge in [-0.05, 0) is 70.1 Å². The average Bonchev–Trinajstić information content (AvgIpc) is 2.50. The van der Waals surface area contributed by atoms with Crippen molar-refractivity contribution in [2.45, 2.75) is 64.6 Å². The van der Waals surface area contributed by atoms with Crippen molar-refractivity contribution in [3.05, 3.63) is 0 Å². The first kappa shape index (κ1) is 16.4. The fraction of sp³-hybridized carbons (Fsp3) is 0.895. The smallest absolute Gasteiger partial charge is 0.312 e. The lowest BCUT2D eigenvalue weighted by Gasteiger charge is -2.55. The maximum atomic E-state index is 12.8. The van der Waals surface area contributed by atoms with E-state index < -0.39 is 0 Å². The van der Waals surface area contributed by atoms with E-state index in [4.69, 9.17) is 9.47 Å². The fourth-order valence-corrected chi connectivity index (χ4v) is 6.11. The number of carbonyl (C=O) groups is 2. The van der Waals surface area contributed by atoms with Crippen molar-refractivity contribution in [2.24, 2.45) is 23.2 Å². The highest BCUT2D eigenvalue weighted by Crippen LogP contribution is 2.60. The minimum absolute atomic E-state index is 0.0385. The molecule has 1 amide bonds. The predicted octanol–water partition coefficient (Wildman–Crippen LogP) is 2.38. The molecule has 4 saturated carbocycles. The molecule has 0 aromatic heterocycles. The monoisotopic (exact) mass is 335 g/mol. The molecule has 5 nitrogen and oxygen atoms in total. The largest absolute Gasteiger partial charge is 0.455 e. The van der Waals surface area contributed by atoms with Gasteiger partial charge in [0.05, 0.1) is 17.6 Å². The average molecular weight is 335 g/mol. The van der Waals surface area contributed by atoms with Crippen molar-refractivity contribution in [1.82, 2.24) is 4.90 Å². The molecule has 0 radical (unpaired) electrons. The Morgan fingerprint density at radius 1 is 1.00 bits per heavy atom. The van der Waals surface area contributed by atoms with Gasteiger partial charge in [0.1, 0.15) is 0 Å². The van der Waals surface area contributed by atoms with E-state index in [1.165, 1.54) is 19.3 Å². The molecule has 1 aliphatic heterocycles. The SMILES string of the molecule is CC1CN(C(=O)COC(=O)C23CC4CC(CC(C4)C2)C3)CC(C)O1. The summed E-state index contributed by atoms with van der Waals surface area (Å²) in [5.41, 5.74) is -0.277. The Morgan fingerprint density at radius 2 is 1.50 bits per heavy atom.